The highest BCUT2D eigenvalue weighted by Gasteiger charge is 2.13. The molecule has 0 atom stereocenters. The molecule has 0 spiro atoms. The molecule has 1 nitrogen and oxygen atoms in total. The van der Waals surface area contributed by atoms with E-state index in [9.17, 15) is 0 Å². The Hall–Kier alpha value is -0.820. The van der Waals surface area contributed by atoms with Crippen LogP contribution in [0.2, 0.25) is 0 Å². The molecule has 18 heavy (non-hydrogen) atoms. The van der Waals surface area contributed by atoms with Crippen molar-refractivity contribution in [2.24, 2.45) is 0 Å². The minimum Gasteiger partial charge on any atom is -0.376 e. The number of rotatable bonds is 4. The van der Waals surface area contributed by atoms with Crippen molar-refractivity contribution in [2.75, 3.05) is 6.61 Å². The second-order valence-electron chi connectivity index (χ2n) is 7.01. The Balaban J connectivity index is 2.49. The lowest BCUT2D eigenvalue weighted by molar-refractivity contribution is -0.00384. The molecule has 0 unspecified atom stereocenters. The Labute approximate surface area is 113 Å². The predicted octanol–water partition coefficient (Wildman–Crippen LogP) is 4.73. The summed E-state index contributed by atoms with van der Waals surface area (Å²) in [5.41, 5.74) is 3.04. The van der Waals surface area contributed by atoms with E-state index in [2.05, 4.69) is 65.8 Å². The Morgan fingerprint density at radius 3 is 2.22 bits per heavy atom. The van der Waals surface area contributed by atoms with Gasteiger partial charge < -0.3 is 4.74 Å². The average Bonchev–Trinajstić information content (AvgIpc) is 2.22. The quantitative estimate of drug-likeness (QED) is 0.700. The van der Waals surface area contributed by atoms with Crippen LogP contribution in [0, 0.1) is 0 Å². The lowest BCUT2D eigenvalue weighted by atomic mass is 9.86. The summed E-state index contributed by atoms with van der Waals surface area (Å²) in [6, 6.07) is 8.93. The first kappa shape index (κ1) is 15.2. The molecule has 0 aliphatic heterocycles. The standard InChI is InChI=1S/C17H28O/c1-16(2,3)15-11-7-9-14(13-15)10-8-12-18-17(4,5)6/h7,9,11,13H,8,10,12H2,1-6H3. The fourth-order valence-corrected chi connectivity index (χ4v) is 1.85. The predicted molar refractivity (Wildman–Crippen MR) is 79.2 cm³/mol. The summed E-state index contributed by atoms with van der Waals surface area (Å²) in [6.45, 7) is 13.9. The van der Waals surface area contributed by atoms with Gasteiger partial charge in [-0.3, -0.25) is 0 Å². The molecule has 0 bridgehead atoms. The monoisotopic (exact) mass is 248 g/mol. The molecule has 0 radical (unpaired) electrons. The van der Waals surface area contributed by atoms with Gasteiger partial charge in [0.25, 0.3) is 0 Å². The van der Waals surface area contributed by atoms with Gasteiger partial charge in [-0.25, -0.2) is 0 Å². The normalized spacial score (nSPS) is 12.8. The second kappa shape index (κ2) is 5.88. The van der Waals surface area contributed by atoms with Gasteiger partial charge in [-0.05, 0) is 50.2 Å². The lowest BCUT2D eigenvalue weighted by Crippen LogP contribution is -2.20. The van der Waals surface area contributed by atoms with E-state index in [1.807, 2.05) is 0 Å². The first-order valence-electron chi connectivity index (χ1n) is 6.92. The largest absolute Gasteiger partial charge is 0.376 e. The highest BCUT2D eigenvalue weighted by atomic mass is 16.5. The Kier molecular flexibility index (Phi) is 4.98. The summed E-state index contributed by atoms with van der Waals surface area (Å²) in [5.74, 6) is 0. The first-order chi connectivity index (χ1) is 8.18. The van der Waals surface area contributed by atoms with Crippen LogP contribution < -0.4 is 0 Å². The van der Waals surface area contributed by atoms with Gasteiger partial charge in [-0.1, -0.05) is 45.0 Å². The third-order valence-electron chi connectivity index (χ3n) is 2.94. The molecule has 0 aliphatic carbocycles. The minimum absolute atomic E-state index is 0.0206. The van der Waals surface area contributed by atoms with Crippen molar-refractivity contribution in [1.29, 1.82) is 0 Å². The molecule has 0 aromatic heterocycles. The average molecular weight is 248 g/mol. The number of ether oxygens (including phenoxy) is 1. The lowest BCUT2D eigenvalue weighted by Gasteiger charge is -2.21. The summed E-state index contributed by atoms with van der Waals surface area (Å²) in [5, 5.41) is 0. The molecule has 0 saturated heterocycles. The smallest absolute Gasteiger partial charge is 0.0598 e. The third-order valence-corrected chi connectivity index (χ3v) is 2.94. The van der Waals surface area contributed by atoms with Gasteiger partial charge in [0.15, 0.2) is 0 Å². The summed E-state index contributed by atoms with van der Waals surface area (Å²) in [7, 11) is 0. The molecule has 1 aromatic carbocycles. The van der Waals surface area contributed by atoms with Crippen LogP contribution in [-0.2, 0) is 16.6 Å². The highest BCUT2D eigenvalue weighted by Crippen LogP contribution is 2.23. The molecule has 0 fully saturated rings. The van der Waals surface area contributed by atoms with Crippen molar-refractivity contribution >= 4 is 0 Å². The van der Waals surface area contributed by atoms with E-state index in [-0.39, 0.29) is 11.0 Å². The van der Waals surface area contributed by atoms with Crippen molar-refractivity contribution in [3.8, 4) is 0 Å². The zero-order valence-corrected chi connectivity index (χ0v) is 12.8. The third kappa shape index (κ3) is 5.68. The van der Waals surface area contributed by atoms with Crippen LogP contribution in [0.5, 0.6) is 0 Å². The second-order valence-corrected chi connectivity index (χ2v) is 7.01. The highest BCUT2D eigenvalue weighted by molar-refractivity contribution is 5.28. The number of benzene rings is 1. The maximum atomic E-state index is 5.75. The van der Waals surface area contributed by atoms with E-state index < -0.39 is 0 Å². The zero-order valence-electron chi connectivity index (χ0n) is 12.8. The van der Waals surface area contributed by atoms with Crippen molar-refractivity contribution < 1.29 is 4.74 Å². The fourth-order valence-electron chi connectivity index (χ4n) is 1.85. The molecular formula is C17H28O. The Morgan fingerprint density at radius 2 is 1.67 bits per heavy atom. The van der Waals surface area contributed by atoms with E-state index in [4.69, 9.17) is 4.74 Å². The van der Waals surface area contributed by atoms with Gasteiger partial charge in [0, 0.05) is 6.61 Å². The molecule has 1 aromatic rings. The summed E-state index contributed by atoms with van der Waals surface area (Å²) in [4.78, 5) is 0. The van der Waals surface area contributed by atoms with Crippen LogP contribution in [0.15, 0.2) is 24.3 Å². The summed E-state index contributed by atoms with van der Waals surface area (Å²) >= 11 is 0. The summed E-state index contributed by atoms with van der Waals surface area (Å²) in [6.07, 6.45) is 2.19. The van der Waals surface area contributed by atoms with Gasteiger partial charge in [-0.2, -0.15) is 0 Å². The molecule has 0 aliphatic rings. The van der Waals surface area contributed by atoms with E-state index in [0.29, 0.717) is 0 Å². The molecule has 0 N–H and O–H groups in total. The first-order valence-corrected chi connectivity index (χ1v) is 6.92. The number of hydrogen-bond donors (Lipinski definition) is 0. The van der Waals surface area contributed by atoms with Gasteiger partial charge >= 0.3 is 0 Å². The zero-order chi connectivity index (χ0) is 13.8. The van der Waals surface area contributed by atoms with Crippen LogP contribution in [0.1, 0.15) is 59.1 Å². The molecular weight excluding hydrogens is 220 g/mol. The maximum Gasteiger partial charge on any atom is 0.0598 e. The van der Waals surface area contributed by atoms with E-state index in [0.717, 1.165) is 19.4 Å². The molecule has 0 amide bonds. The van der Waals surface area contributed by atoms with Crippen LogP contribution in [0.4, 0.5) is 0 Å². The number of aryl methyl sites for hydroxylation is 1. The van der Waals surface area contributed by atoms with Crippen LogP contribution in [0.25, 0.3) is 0 Å². The van der Waals surface area contributed by atoms with Crippen LogP contribution in [-0.4, -0.2) is 12.2 Å². The van der Waals surface area contributed by atoms with Crippen molar-refractivity contribution in [3.05, 3.63) is 35.4 Å². The summed E-state index contributed by atoms with van der Waals surface area (Å²) < 4.78 is 5.75. The fraction of sp³-hybridized carbons (Fsp3) is 0.647. The number of hydrogen-bond acceptors (Lipinski definition) is 1. The molecule has 1 heteroatoms. The minimum atomic E-state index is -0.0206. The van der Waals surface area contributed by atoms with E-state index in [1.54, 1.807) is 0 Å². The Bertz CT molecular complexity index is 366. The Morgan fingerprint density at radius 1 is 1.00 bits per heavy atom. The van der Waals surface area contributed by atoms with Crippen molar-refractivity contribution in [1.82, 2.24) is 0 Å². The SMILES string of the molecule is CC(C)(C)OCCCc1cccc(C(C)(C)C)c1. The van der Waals surface area contributed by atoms with Gasteiger partial charge in [-0.15, -0.1) is 0 Å². The van der Waals surface area contributed by atoms with E-state index >= 15 is 0 Å². The van der Waals surface area contributed by atoms with Gasteiger partial charge in [0.1, 0.15) is 0 Å². The van der Waals surface area contributed by atoms with Crippen LogP contribution >= 0.6 is 0 Å². The molecule has 0 heterocycles. The molecule has 1 rings (SSSR count). The van der Waals surface area contributed by atoms with Gasteiger partial charge in [0.05, 0.1) is 5.60 Å². The molecule has 102 valence electrons. The van der Waals surface area contributed by atoms with Crippen molar-refractivity contribution in [3.63, 3.8) is 0 Å². The van der Waals surface area contributed by atoms with Crippen LogP contribution in [0.3, 0.4) is 0 Å². The van der Waals surface area contributed by atoms with E-state index in [1.165, 1.54) is 11.1 Å². The van der Waals surface area contributed by atoms with Gasteiger partial charge in [0.2, 0.25) is 0 Å². The topological polar surface area (TPSA) is 9.23 Å². The van der Waals surface area contributed by atoms with Crippen molar-refractivity contribution in [2.45, 2.75) is 65.4 Å². The molecule has 0 saturated carbocycles. The maximum absolute atomic E-state index is 5.75.